The van der Waals surface area contributed by atoms with Crippen LogP contribution < -0.4 is 11.1 Å². The number of nitrogens with one attached hydrogen (secondary N) is 1. The first-order chi connectivity index (χ1) is 8.58. The molecule has 0 aliphatic heterocycles. The summed E-state index contributed by atoms with van der Waals surface area (Å²) in [5.74, 6) is -0.757. The summed E-state index contributed by atoms with van der Waals surface area (Å²) in [6.45, 7) is 1.82. The van der Waals surface area contributed by atoms with Crippen molar-refractivity contribution >= 4 is 11.7 Å². The highest BCUT2D eigenvalue weighted by molar-refractivity contribution is 5.94. The second-order valence-corrected chi connectivity index (χ2v) is 3.61. The molecule has 2 aromatic rings. The van der Waals surface area contributed by atoms with Crippen LogP contribution in [0.3, 0.4) is 0 Å². The predicted octanol–water partition coefficient (Wildman–Crippen LogP) is 1.03. The molecule has 0 spiro atoms. The zero-order chi connectivity index (χ0) is 13.1. The quantitative estimate of drug-likeness (QED) is 0.848. The van der Waals surface area contributed by atoms with Crippen LogP contribution in [0.25, 0.3) is 0 Å². The minimum atomic E-state index is -0.835. The third-order valence-electron chi connectivity index (χ3n) is 2.23. The monoisotopic (exact) mass is 250 g/mol. The molecule has 7 heteroatoms. The Hall–Kier alpha value is -2.44. The van der Waals surface area contributed by atoms with Gasteiger partial charge in [-0.1, -0.05) is 0 Å². The molecule has 0 atom stereocenters. The maximum atomic E-state index is 13.5. The van der Waals surface area contributed by atoms with E-state index in [1.807, 2.05) is 0 Å². The van der Waals surface area contributed by atoms with Gasteiger partial charge in [0.05, 0.1) is 18.3 Å². The van der Waals surface area contributed by atoms with Gasteiger partial charge in [0.2, 0.25) is 5.89 Å². The highest BCUT2D eigenvalue weighted by atomic mass is 19.1. The fraction of sp³-hybridized carbons (Fsp3) is 0.182. The fourth-order valence-corrected chi connectivity index (χ4v) is 1.37. The summed E-state index contributed by atoms with van der Waals surface area (Å²) >= 11 is 0. The number of rotatable bonds is 3. The van der Waals surface area contributed by atoms with Crippen LogP contribution in [0.4, 0.5) is 10.2 Å². The lowest BCUT2D eigenvalue weighted by molar-refractivity contribution is 0.0943. The first kappa shape index (κ1) is 12.0. The van der Waals surface area contributed by atoms with Gasteiger partial charge in [-0.3, -0.25) is 4.79 Å². The van der Waals surface area contributed by atoms with Crippen molar-refractivity contribution in [1.29, 1.82) is 0 Å². The van der Waals surface area contributed by atoms with E-state index in [1.54, 1.807) is 6.92 Å². The van der Waals surface area contributed by atoms with Crippen molar-refractivity contribution in [2.24, 2.45) is 0 Å². The summed E-state index contributed by atoms with van der Waals surface area (Å²) in [4.78, 5) is 19.1. The topological polar surface area (TPSA) is 94.0 Å². The number of hydrogen-bond donors (Lipinski definition) is 2. The van der Waals surface area contributed by atoms with Crippen molar-refractivity contribution in [2.45, 2.75) is 13.5 Å². The standard InChI is InChI=1S/C11H11FN4O2/c1-6-4-15-8(18-6)5-16-11(17)7-2-3-14-10(13)9(7)12/h2-4H,5H2,1H3,(H2,13,14)(H,16,17). The van der Waals surface area contributed by atoms with Crippen molar-refractivity contribution in [1.82, 2.24) is 15.3 Å². The van der Waals surface area contributed by atoms with Gasteiger partial charge in [0.25, 0.3) is 5.91 Å². The molecule has 0 aliphatic rings. The summed E-state index contributed by atoms with van der Waals surface area (Å²) in [6.07, 6.45) is 2.80. The number of aryl methyl sites for hydroxylation is 1. The number of carbonyl (C=O) groups is 1. The lowest BCUT2D eigenvalue weighted by Crippen LogP contribution is -2.24. The van der Waals surface area contributed by atoms with Crippen molar-refractivity contribution in [3.05, 3.63) is 41.5 Å². The molecule has 0 fully saturated rings. The van der Waals surface area contributed by atoms with Crippen molar-refractivity contribution in [3.63, 3.8) is 0 Å². The third-order valence-corrected chi connectivity index (χ3v) is 2.23. The number of carbonyl (C=O) groups excluding carboxylic acids is 1. The van der Waals surface area contributed by atoms with Gasteiger partial charge in [0.1, 0.15) is 5.76 Å². The number of hydrogen-bond acceptors (Lipinski definition) is 5. The molecule has 18 heavy (non-hydrogen) atoms. The van der Waals surface area contributed by atoms with Gasteiger partial charge in [-0.2, -0.15) is 0 Å². The Morgan fingerprint density at radius 2 is 2.33 bits per heavy atom. The molecule has 0 radical (unpaired) electrons. The van der Waals surface area contributed by atoms with Gasteiger partial charge < -0.3 is 15.5 Å². The Bertz CT molecular complexity index is 582. The van der Waals surface area contributed by atoms with E-state index in [4.69, 9.17) is 10.2 Å². The lowest BCUT2D eigenvalue weighted by Gasteiger charge is -2.04. The summed E-state index contributed by atoms with van der Waals surface area (Å²) in [7, 11) is 0. The first-order valence-corrected chi connectivity index (χ1v) is 5.17. The Kier molecular flexibility index (Phi) is 3.22. The maximum absolute atomic E-state index is 13.5. The van der Waals surface area contributed by atoms with Crippen molar-refractivity contribution in [2.75, 3.05) is 5.73 Å². The number of nitrogens with zero attached hydrogens (tertiary/aromatic N) is 2. The van der Waals surface area contributed by atoms with Gasteiger partial charge >= 0.3 is 0 Å². The van der Waals surface area contributed by atoms with Crippen LogP contribution >= 0.6 is 0 Å². The first-order valence-electron chi connectivity index (χ1n) is 5.17. The smallest absolute Gasteiger partial charge is 0.254 e. The molecule has 1 amide bonds. The van der Waals surface area contributed by atoms with Gasteiger partial charge in [0, 0.05) is 6.20 Å². The highest BCUT2D eigenvalue weighted by Crippen LogP contribution is 2.11. The average molecular weight is 250 g/mol. The number of amides is 1. The van der Waals surface area contributed by atoms with Crippen LogP contribution in [-0.4, -0.2) is 15.9 Å². The third kappa shape index (κ3) is 2.45. The van der Waals surface area contributed by atoms with Crippen molar-refractivity contribution in [3.8, 4) is 0 Å². The Labute approximate surface area is 102 Å². The van der Waals surface area contributed by atoms with Gasteiger partial charge in [-0.05, 0) is 13.0 Å². The molecular weight excluding hydrogens is 239 g/mol. The molecule has 2 heterocycles. The summed E-state index contributed by atoms with van der Waals surface area (Å²) in [6, 6.07) is 1.25. The van der Waals surface area contributed by atoms with E-state index in [2.05, 4.69) is 15.3 Å². The number of pyridine rings is 1. The van der Waals surface area contributed by atoms with E-state index in [1.165, 1.54) is 18.5 Å². The number of nitrogens with two attached hydrogens (primary N) is 1. The number of oxazole rings is 1. The Morgan fingerprint density at radius 1 is 1.56 bits per heavy atom. The average Bonchev–Trinajstić information content (AvgIpc) is 2.76. The normalized spacial score (nSPS) is 10.3. The minimum absolute atomic E-state index is 0.0777. The van der Waals surface area contributed by atoms with Gasteiger partial charge in [-0.15, -0.1) is 0 Å². The largest absolute Gasteiger partial charge is 0.444 e. The number of nitrogen functional groups attached to an aromatic ring is 1. The molecule has 6 nitrogen and oxygen atoms in total. The van der Waals surface area contributed by atoms with Crippen LogP contribution in [-0.2, 0) is 6.54 Å². The van der Waals surface area contributed by atoms with Crippen LogP contribution in [0.15, 0.2) is 22.9 Å². The minimum Gasteiger partial charge on any atom is -0.444 e. The SMILES string of the molecule is Cc1cnc(CNC(=O)c2ccnc(N)c2F)o1. The zero-order valence-corrected chi connectivity index (χ0v) is 9.61. The van der Waals surface area contributed by atoms with E-state index in [-0.39, 0.29) is 17.9 Å². The molecule has 2 rings (SSSR count). The van der Waals surface area contributed by atoms with E-state index in [0.717, 1.165) is 0 Å². The summed E-state index contributed by atoms with van der Waals surface area (Å²) in [5.41, 5.74) is 5.11. The lowest BCUT2D eigenvalue weighted by atomic mass is 10.2. The Morgan fingerprint density at radius 3 is 3.00 bits per heavy atom. The maximum Gasteiger partial charge on any atom is 0.254 e. The highest BCUT2D eigenvalue weighted by Gasteiger charge is 2.14. The zero-order valence-electron chi connectivity index (χ0n) is 9.61. The predicted molar refractivity (Wildman–Crippen MR) is 61.0 cm³/mol. The van der Waals surface area contributed by atoms with Crippen LogP contribution in [0.5, 0.6) is 0 Å². The molecule has 0 unspecified atom stereocenters. The summed E-state index contributed by atoms with van der Waals surface area (Å²) < 4.78 is 18.7. The molecule has 2 aromatic heterocycles. The molecule has 0 saturated heterocycles. The molecule has 0 bridgehead atoms. The van der Waals surface area contributed by atoms with Crippen LogP contribution in [0.1, 0.15) is 22.0 Å². The molecular formula is C11H11FN4O2. The second-order valence-electron chi connectivity index (χ2n) is 3.61. The number of halogens is 1. The molecule has 94 valence electrons. The number of anilines is 1. The molecule has 3 N–H and O–H groups in total. The second kappa shape index (κ2) is 4.82. The van der Waals surface area contributed by atoms with Gasteiger partial charge in [-0.25, -0.2) is 14.4 Å². The van der Waals surface area contributed by atoms with E-state index in [9.17, 15) is 9.18 Å². The van der Waals surface area contributed by atoms with Crippen LogP contribution in [0.2, 0.25) is 0 Å². The molecule has 0 saturated carbocycles. The van der Waals surface area contributed by atoms with Crippen molar-refractivity contribution < 1.29 is 13.6 Å². The Balaban J connectivity index is 2.06. The van der Waals surface area contributed by atoms with E-state index >= 15 is 0 Å². The number of aromatic nitrogens is 2. The molecule has 0 aromatic carbocycles. The van der Waals surface area contributed by atoms with E-state index in [0.29, 0.717) is 11.7 Å². The summed E-state index contributed by atoms with van der Waals surface area (Å²) in [5, 5.41) is 2.48. The molecule has 0 aliphatic carbocycles. The van der Waals surface area contributed by atoms with Gasteiger partial charge in [0.15, 0.2) is 11.6 Å². The van der Waals surface area contributed by atoms with Crippen LogP contribution in [0, 0.1) is 12.7 Å². The fourth-order valence-electron chi connectivity index (χ4n) is 1.37. The van der Waals surface area contributed by atoms with E-state index < -0.39 is 11.7 Å².